The highest BCUT2D eigenvalue weighted by molar-refractivity contribution is 6.06. The Kier molecular flexibility index (Phi) is 4.94. The first-order chi connectivity index (χ1) is 16.9. The molecule has 9 heteroatoms. The molecule has 35 heavy (non-hydrogen) atoms. The maximum absolute atomic E-state index is 13.5. The monoisotopic (exact) mass is 469 g/mol. The van der Waals surface area contributed by atoms with Crippen molar-refractivity contribution < 1.29 is 4.79 Å². The second-order valence-electron chi connectivity index (χ2n) is 9.94. The average Bonchev–Trinajstić information content (AvgIpc) is 3.36. The summed E-state index contributed by atoms with van der Waals surface area (Å²) in [4.78, 5) is 45.9. The number of carbonyl (C=O) groups excluding carboxylic acids is 1. The number of fused-ring (bicyclic) bond motifs is 2. The van der Waals surface area contributed by atoms with Crippen molar-refractivity contribution >= 4 is 28.6 Å². The lowest BCUT2D eigenvalue weighted by atomic mass is 9.87. The zero-order valence-corrected chi connectivity index (χ0v) is 19.8. The molecule has 2 aliphatic heterocycles. The molecule has 0 atom stereocenters. The van der Waals surface area contributed by atoms with Crippen LogP contribution < -0.4 is 15.5 Å². The molecule has 0 radical (unpaired) electrons. The summed E-state index contributed by atoms with van der Waals surface area (Å²) in [7, 11) is 0. The Morgan fingerprint density at radius 2 is 1.86 bits per heavy atom. The van der Waals surface area contributed by atoms with Crippen molar-refractivity contribution in [3.63, 3.8) is 0 Å². The van der Waals surface area contributed by atoms with Crippen molar-refractivity contribution in [2.24, 2.45) is 0 Å². The van der Waals surface area contributed by atoms with E-state index in [2.05, 4.69) is 44.7 Å². The number of aromatic nitrogens is 5. The van der Waals surface area contributed by atoms with E-state index in [1.165, 1.54) is 11.9 Å². The van der Waals surface area contributed by atoms with E-state index in [4.69, 9.17) is 0 Å². The molecule has 1 N–H and O–H groups in total. The normalized spacial score (nSPS) is 17.7. The van der Waals surface area contributed by atoms with Gasteiger partial charge in [0.25, 0.3) is 5.91 Å². The first-order valence-corrected chi connectivity index (χ1v) is 12.0. The lowest BCUT2D eigenvalue weighted by molar-refractivity contribution is 0.0981. The third kappa shape index (κ3) is 3.58. The smallest absolute Gasteiger partial charge is 0.327 e. The molecule has 0 bridgehead atoms. The van der Waals surface area contributed by atoms with Crippen LogP contribution in [0, 0.1) is 0 Å². The molecule has 2 aliphatic rings. The van der Waals surface area contributed by atoms with Crippen LogP contribution in [0.25, 0.3) is 11.2 Å². The number of anilines is 2. The van der Waals surface area contributed by atoms with Crippen LogP contribution in [0.15, 0.2) is 59.8 Å². The van der Waals surface area contributed by atoms with E-state index in [0.717, 1.165) is 43.0 Å². The molecule has 0 saturated carbocycles. The van der Waals surface area contributed by atoms with Crippen molar-refractivity contribution in [1.29, 1.82) is 0 Å². The van der Waals surface area contributed by atoms with Gasteiger partial charge in [-0.3, -0.25) is 14.3 Å². The number of hydrogen-bond acceptors (Lipinski definition) is 6. The fourth-order valence-corrected chi connectivity index (χ4v) is 5.48. The number of para-hydroxylation sites is 1. The number of pyridine rings is 1. The van der Waals surface area contributed by atoms with Gasteiger partial charge in [0.2, 0.25) is 0 Å². The Balaban J connectivity index is 1.21. The number of carbonyl (C=O) groups is 1. The number of piperidine rings is 1. The maximum Gasteiger partial charge on any atom is 0.327 e. The highest BCUT2D eigenvalue weighted by atomic mass is 16.2. The predicted octanol–water partition coefficient (Wildman–Crippen LogP) is 3.29. The van der Waals surface area contributed by atoms with Crippen LogP contribution >= 0.6 is 0 Å². The Morgan fingerprint density at radius 1 is 1.06 bits per heavy atom. The SMILES string of the molecule is CC1(C)CN(C(=O)c2cc(N3CCC(n4c(=O)[nH]c5ncccc54)CC3)ncn2)c2ccccc21. The molecular formula is C26H27N7O2. The Morgan fingerprint density at radius 3 is 2.69 bits per heavy atom. The number of amides is 1. The molecule has 0 unspecified atom stereocenters. The minimum atomic E-state index is -0.124. The minimum absolute atomic E-state index is 0.0861. The van der Waals surface area contributed by atoms with Crippen LogP contribution in [0.3, 0.4) is 0 Å². The molecular weight excluding hydrogens is 442 g/mol. The lowest BCUT2D eigenvalue weighted by Crippen LogP contribution is -2.38. The molecule has 6 rings (SSSR count). The predicted molar refractivity (Wildman–Crippen MR) is 134 cm³/mol. The van der Waals surface area contributed by atoms with Crippen molar-refractivity contribution in [2.45, 2.75) is 38.1 Å². The van der Waals surface area contributed by atoms with Crippen LogP contribution in [-0.4, -0.2) is 50.0 Å². The maximum atomic E-state index is 13.5. The molecule has 1 saturated heterocycles. The van der Waals surface area contributed by atoms with E-state index in [1.807, 2.05) is 39.8 Å². The Hall–Kier alpha value is -4.01. The number of rotatable bonds is 3. The summed E-state index contributed by atoms with van der Waals surface area (Å²) < 4.78 is 1.82. The van der Waals surface area contributed by atoms with Gasteiger partial charge in [-0.05, 0) is 36.6 Å². The molecule has 0 aliphatic carbocycles. The highest BCUT2D eigenvalue weighted by Crippen LogP contribution is 2.40. The van der Waals surface area contributed by atoms with Gasteiger partial charge in [-0.2, -0.15) is 0 Å². The third-order valence-electron chi connectivity index (χ3n) is 7.24. The summed E-state index contributed by atoms with van der Waals surface area (Å²) in [6.07, 6.45) is 4.74. The van der Waals surface area contributed by atoms with Crippen LogP contribution in [0.1, 0.15) is 48.8 Å². The van der Waals surface area contributed by atoms with Gasteiger partial charge < -0.3 is 9.80 Å². The summed E-state index contributed by atoms with van der Waals surface area (Å²) in [5.74, 6) is 0.626. The second-order valence-corrected chi connectivity index (χ2v) is 9.94. The van der Waals surface area contributed by atoms with E-state index < -0.39 is 0 Å². The fraction of sp³-hybridized carbons (Fsp3) is 0.346. The van der Waals surface area contributed by atoms with Crippen LogP contribution in [0.5, 0.6) is 0 Å². The van der Waals surface area contributed by atoms with E-state index in [-0.39, 0.29) is 23.1 Å². The molecule has 1 fully saturated rings. The van der Waals surface area contributed by atoms with E-state index in [9.17, 15) is 9.59 Å². The topological polar surface area (TPSA) is 100 Å². The molecule has 1 aromatic carbocycles. The number of hydrogen-bond donors (Lipinski definition) is 1. The van der Waals surface area contributed by atoms with E-state index in [1.54, 1.807) is 12.3 Å². The standard InChI is InChI=1S/C26H27N7O2/c1-26(2)15-32(20-7-4-3-6-18(20)26)24(34)19-14-22(29-16-28-19)31-12-9-17(10-13-31)33-21-8-5-11-27-23(21)30-25(33)35/h3-8,11,14,16-17H,9-10,12-13,15H2,1-2H3,(H,27,30,35). The largest absolute Gasteiger partial charge is 0.356 e. The Bertz CT molecular complexity index is 1480. The first kappa shape index (κ1) is 21.5. The van der Waals surface area contributed by atoms with Crippen LogP contribution in [-0.2, 0) is 5.41 Å². The van der Waals surface area contributed by atoms with Gasteiger partial charge in [-0.1, -0.05) is 32.0 Å². The quantitative estimate of drug-likeness (QED) is 0.494. The van der Waals surface area contributed by atoms with Gasteiger partial charge in [0.1, 0.15) is 17.8 Å². The molecule has 9 nitrogen and oxygen atoms in total. The number of nitrogens with zero attached hydrogens (tertiary/aromatic N) is 6. The highest BCUT2D eigenvalue weighted by Gasteiger charge is 2.38. The number of imidazole rings is 1. The summed E-state index contributed by atoms with van der Waals surface area (Å²) in [6, 6.07) is 13.7. The average molecular weight is 470 g/mol. The Labute approximate surface area is 202 Å². The number of H-pyrrole nitrogens is 1. The molecule has 1 amide bonds. The van der Waals surface area contributed by atoms with Crippen molar-refractivity contribution in [1.82, 2.24) is 24.5 Å². The van der Waals surface area contributed by atoms with E-state index in [0.29, 0.717) is 17.9 Å². The molecule has 0 spiro atoms. The summed E-state index contributed by atoms with van der Waals surface area (Å²) in [5, 5.41) is 0. The summed E-state index contributed by atoms with van der Waals surface area (Å²) in [5.41, 5.74) is 3.73. The van der Waals surface area contributed by atoms with E-state index >= 15 is 0 Å². The minimum Gasteiger partial charge on any atom is -0.356 e. The molecule has 5 heterocycles. The van der Waals surface area contributed by atoms with Gasteiger partial charge in [-0.25, -0.2) is 19.7 Å². The molecule has 3 aromatic heterocycles. The van der Waals surface area contributed by atoms with Gasteiger partial charge in [0.15, 0.2) is 5.65 Å². The van der Waals surface area contributed by atoms with Gasteiger partial charge in [0.05, 0.1) is 5.52 Å². The number of aromatic amines is 1. The van der Waals surface area contributed by atoms with Gasteiger partial charge in [-0.15, -0.1) is 0 Å². The summed E-state index contributed by atoms with van der Waals surface area (Å²) in [6.45, 7) is 6.39. The van der Waals surface area contributed by atoms with Crippen LogP contribution in [0.4, 0.5) is 11.5 Å². The lowest BCUT2D eigenvalue weighted by Gasteiger charge is -2.33. The second kappa shape index (κ2) is 8.04. The third-order valence-corrected chi connectivity index (χ3v) is 7.24. The van der Waals surface area contributed by atoms with Crippen LogP contribution in [0.2, 0.25) is 0 Å². The number of benzene rings is 1. The zero-order chi connectivity index (χ0) is 24.2. The molecule has 178 valence electrons. The zero-order valence-electron chi connectivity index (χ0n) is 19.8. The van der Waals surface area contributed by atoms with Crippen molar-refractivity contribution in [3.8, 4) is 0 Å². The van der Waals surface area contributed by atoms with Gasteiger partial charge in [0, 0.05) is 49.0 Å². The fourth-order valence-electron chi connectivity index (χ4n) is 5.48. The van der Waals surface area contributed by atoms with Crippen molar-refractivity contribution in [2.75, 3.05) is 29.4 Å². The number of nitrogens with one attached hydrogen (secondary N) is 1. The van der Waals surface area contributed by atoms with Gasteiger partial charge >= 0.3 is 5.69 Å². The first-order valence-electron chi connectivity index (χ1n) is 12.0. The summed E-state index contributed by atoms with van der Waals surface area (Å²) >= 11 is 0. The van der Waals surface area contributed by atoms with Crippen molar-refractivity contribution in [3.05, 3.63) is 76.7 Å². The molecule has 4 aromatic rings.